The minimum absolute atomic E-state index is 0.172. The van der Waals surface area contributed by atoms with Crippen LogP contribution in [0.3, 0.4) is 0 Å². The molecule has 0 spiro atoms. The lowest BCUT2D eigenvalue weighted by Crippen LogP contribution is -3.11. The standard InChI is InChI=1S/C18H25ClN2O2/c19-16-5-3-14(4-6-16)13-21-9-7-15(8-10-21)18(22)20-12-17-2-1-11-23-17/h3-6,15,17H,1-2,7-13H2,(H,20,22)/p+1/t17-/m0/s1. The molecule has 0 aromatic heterocycles. The number of likely N-dealkylation sites (tertiary alicyclic amines) is 1. The number of piperidine rings is 1. The predicted octanol–water partition coefficient (Wildman–Crippen LogP) is 1.43. The lowest BCUT2D eigenvalue weighted by atomic mass is 9.95. The number of ether oxygens (including phenoxy) is 1. The fourth-order valence-electron chi connectivity index (χ4n) is 3.52. The lowest BCUT2D eigenvalue weighted by molar-refractivity contribution is -0.919. The maximum atomic E-state index is 12.3. The smallest absolute Gasteiger partial charge is 0.223 e. The molecule has 5 heteroatoms. The summed E-state index contributed by atoms with van der Waals surface area (Å²) in [4.78, 5) is 13.8. The SMILES string of the molecule is O=C(NC[C@@H]1CCCO1)C1CC[NH+](Cc2ccc(Cl)cc2)CC1. The molecule has 3 rings (SSSR count). The van der Waals surface area contributed by atoms with Crippen molar-refractivity contribution < 1.29 is 14.4 Å². The van der Waals surface area contributed by atoms with Gasteiger partial charge in [0.1, 0.15) is 6.54 Å². The van der Waals surface area contributed by atoms with E-state index in [0.717, 1.165) is 56.9 Å². The number of quaternary nitrogens is 1. The molecule has 4 nitrogen and oxygen atoms in total. The second kappa shape index (κ2) is 8.13. The van der Waals surface area contributed by atoms with Crippen LogP contribution in [0.1, 0.15) is 31.2 Å². The summed E-state index contributed by atoms with van der Waals surface area (Å²) in [5.74, 6) is 0.386. The molecule has 0 unspecified atom stereocenters. The number of hydrogen-bond donors (Lipinski definition) is 2. The van der Waals surface area contributed by atoms with Crippen molar-refractivity contribution in [3.8, 4) is 0 Å². The Balaban J connectivity index is 1.39. The summed E-state index contributed by atoms with van der Waals surface area (Å²) in [6.45, 7) is 4.65. The van der Waals surface area contributed by atoms with E-state index in [4.69, 9.17) is 16.3 Å². The normalized spacial score (nSPS) is 27.8. The Morgan fingerprint density at radius 1 is 1.22 bits per heavy atom. The highest BCUT2D eigenvalue weighted by Gasteiger charge is 2.28. The molecule has 0 aliphatic carbocycles. The third-order valence-electron chi connectivity index (χ3n) is 4.96. The van der Waals surface area contributed by atoms with Crippen LogP contribution in [0.5, 0.6) is 0 Å². The van der Waals surface area contributed by atoms with Gasteiger partial charge < -0.3 is 15.0 Å². The van der Waals surface area contributed by atoms with Gasteiger partial charge in [0, 0.05) is 42.5 Å². The Labute approximate surface area is 143 Å². The van der Waals surface area contributed by atoms with E-state index in [0.29, 0.717) is 6.54 Å². The quantitative estimate of drug-likeness (QED) is 0.853. The third kappa shape index (κ3) is 4.93. The minimum atomic E-state index is 0.172. The Hall–Kier alpha value is -1.10. The topological polar surface area (TPSA) is 42.8 Å². The van der Waals surface area contributed by atoms with Crippen LogP contribution in [0.15, 0.2) is 24.3 Å². The van der Waals surface area contributed by atoms with Crippen molar-refractivity contribution >= 4 is 17.5 Å². The Morgan fingerprint density at radius 2 is 1.96 bits per heavy atom. The molecular formula is C18H26ClN2O2+. The monoisotopic (exact) mass is 337 g/mol. The van der Waals surface area contributed by atoms with Gasteiger partial charge in [-0.25, -0.2) is 0 Å². The molecule has 0 saturated carbocycles. The van der Waals surface area contributed by atoms with E-state index in [2.05, 4.69) is 17.4 Å². The zero-order valence-corrected chi connectivity index (χ0v) is 14.3. The Kier molecular flexibility index (Phi) is 5.92. The summed E-state index contributed by atoms with van der Waals surface area (Å²) in [6, 6.07) is 8.08. The van der Waals surface area contributed by atoms with Crippen LogP contribution < -0.4 is 10.2 Å². The molecule has 0 radical (unpaired) electrons. The average molecular weight is 338 g/mol. The van der Waals surface area contributed by atoms with Gasteiger partial charge >= 0.3 is 0 Å². The van der Waals surface area contributed by atoms with E-state index >= 15 is 0 Å². The van der Waals surface area contributed by atoms with Crippen LogP contribution in [-0.4, -0.2) is 38.3 Å². The fraction of sp³-hybridized carbons (Fsp3) is 0.611. The van der Waals surface area contributed by atoms with Crippen molar-refractivity contribution in [3.63, 3.8) is 0 Å². The van der Waals surface area contributed by atoms with Crippen LogP contribution in [-0.2, 0) is 16.1 Å². The van der Waals surface area contributed by atoms with Crippen LogP contribution in [0, 0.1) is 5.92 Å². The van der Waals surface area contributed by atoms with Crippen LogP contribution in [0.25, 0.3) is 0 Å². The number of hydrogen-bond acceptors (Lipinski definition) is 2. The number of carbonyl (C=O) groups excluding carboxylic acids is 1. The highest BCUT2D eigenvalue weighted by atomic mass is 35.5. The average Bonchev–Trinajstić information content (AvgIpc) is 3.09. The van der Waals surface area contributed by atoms with Crippen LogP contribution in [0.4, 0.5) is 0 Å². The first kappa shape index (κ1) is 16.7. The van der Waals surface area contributed by atoms with Gasteiger partial charge in [-0.15, -0.1) is 0 Å². The largest absolute Gasteiger partial charge is 0.376 e. The first-order valence-electron chi connectivity index (χ1n) is 8.68. The number of carbonyl (C=O) groups is 1. The Bertz CT molecular complexity index is 506. The van der Waals surface area contributed by atoms with Gasteiger partial charge in [-0.3, -0.25) is 4.79 Å². The van der Waals surface area contributed by atoms with E-state index in [9.17, 15) is 4.79 Å². The van der Waals surface area contributed by atoms with Gasteiger partial charge in [-0.1, -0.05) is 23.7 Å². The summed E-state index contributed by atoms with van der Waals surface area (Å²) in [5, 5.41) is 3.86. The highest BCUT2D eigenvalue weighted by molar-refractivity contribution is 6.30. The summed E-state index contributed by atoms with van der Waals surface area (Å²) in [6.07, 6.45) is 4.37. The summed E-state index contributed by atoms with van der Waals surface area (Å²) in [5.41, 5.74) is 1.31. The number of amides is 1. The summed E-state index contributed by atoms with van der Waals surface area (Å²) < 4.78 is 5.55. The number of rotatable bonds is 5. The molecule has 2 saturated heterocycles. The van der Waals surface area contributed by atoms with Crippen molar-refractivity contribution in [1.82, 2.24) is 5.32 Å². The molecule has 2 fully saturated rings. The first-order valence-corrected chi connectivity index (χ1v) is 9.06. The zero-order valence-electron chi connectivity index (χ0n) is 13.5. The van der Waals surface area contributed by atoms with Crippen molar-refractivity contribution in [1.29, 1.82) is 0 Å². The minimum Gasteiger partial charge on any atom is -0.376 e. The van der Waals surface area contributed by atoms with Gasteiger partial charge in [-0.2, -0.15) is 0 Å². The lowest BCUT2D eigenvalue weighted by Gasteiger charge is -2.29. The molecule has 23 heavy (non-hydrogen) atoms. The van der Waals surface area contributed by atoms with Crippen molar-refractivity contribution in [3.05, 3.63) is 34.9 Å². The molecule has 1 atom stereocenters. The summed E-state index contributed by atoms with van der Waals surface area (Å²) >= 11 is 5.92. The van der Waals surface area contributed by atoms with Crippen LogP contribution in [0.2, 0.25) is 5.02 Å². The predicted molar refractivity (Wildman–Crippen MR) is 90.6 cm³/mol. The second-order valence-electron chi connectivity index (χ2n) is 6.71. The van der Waals surface area contributed by atoms with Crippen molar-refractivity contribution in [2.75, 3.05) is 26.2 Å². The summed E-state index contributed by atoms with van der Waals surface area (Å²) in [7, 11) is 0. The van der Waals surface area contributed by atoms with Crippen molar-refractivity contribution in [2.24, 2.45) is 5.92 Å². The van der Waals surface area contributed by atoms with E-state index < -0.39 is 0 Å². The fourth-order valence-corrected chi connectivity index (χ4v) is 3.65. The van der Waals surface area contributed by atoms with Gasteiger partial charge in [0.05, 0.1) is 19.2 Å². The molecule has 0 bridgehead atoms. The molecule has 2 N–H and O–H groups in total. The molecule has 2 aliphatic rings. The third-order valence-corrected chi connectivity index (χ3v) is 5.21. The molecule has 1 aromatic carbocycles. The van der Waals surface area contributed by atoms with E-state index in [1.165, 1.54) is 5.56 Å². The Morgan fingerprint density at radius 3 is 2.61 bits per heavy atom. The van der Waals surface area contributed by atoms with E-state index in [1.54, 1.807) is 4.90 Å². The first-order chi connectivity index (χ1) is 11.2. The van der Waals surface area contributed by atoms with Gasteiger partial charge in [0.25, 0.3) is 0 Å². The second-order valence-corrected chi connectivity index (χ2v) is 7.14. The van der Waals surface area contributed by atoms with Gasteiger partial charge in [0.2, 0.25) is 5.91 Å². The maximum absolute atomic E-state index is 12.3. The maximum Gasteiger partial charge on any atom is 0.223 e. The molecule has 2 heterocycles. The molecule has 126 valence electrons. The van der Waals surface area contributed by atoms with Crippen LogP contribution >= 0.6 is 11.6 Å². The highest BCUT2D eigenvalue weighted by Crippen LogP contribution is 2.13. The zero-order chi connectivity index (χ0) is 16.1. The molecule has 2 aliphatic heterocycles. The van der Waals surface area contributed by atoms with E-state index in [-0.39, 0.29) is 17.9 Å². The van der Waals surface area contributed by atoms with Crippen molar-refractivity contribution in [2.45, 2.75) is 38.3 Å². The number of benzene rings is 1. The molecular weight excluding hydrogens is 312 g/mol. The van der Waals surface area contributed by atoms with E-state index in [1.807, 2.05) is 12.1 Å². The molecule has 1 amide bonds. The van der Waals surface area contributed by atoms with Gasteiger partial charge in [-0.05, 0) is 25.0 Å². The number of nitrogens with one attached hydrogen (secondary N) is 2. The molecule has 1 aromatic rings. The number of halogens is 1. The van der Waals surface area contributed by atoms with Gasteiger partial charge in [0.15, 0.2) is 0 Å².